The van der Waals surface area contributed by atoms with Crippen LogP contribution in [-0.2, 0) is 19.4 Å². The molecule has 1 atom stereocenters. The maximum atomic E-state index is 12.5. The molecule has 0 N–H and O–H groups in total. The van der Waals surface area contributed by atoms with Crippen LogP contribution in [0.25, 0.3) is 0 Å². The molecule has 1 aliphatic rings. The van der Waals surface area contributed by atoms with Gasteiger partial charge in [-0.3, -0.25) is 4.79 Å². The van der Waals surface area contributed by atoms with E-state index in [2.05, 4.69) is 4.98 Å². The van der Waals surface area contributed by atoms with Gasteiger partial charge in [-0.15, -0.1) is 0 Å². The standard InChI is InChI=1S/C17H24N2O6S/c1-3-9-19(13-7-10-26(22,23)12-13)15(20)11-25-17(21)14-6-5-8-18-16(14)24-4-2/h5-6,8,13H,3-4,7,9-12H2,1-2H3/t13-/m0/s1. The van der Waals surface area contributed by atoms with E-state index < -0.39 is 28.3 Å². The van der Waals surface area contributed by atoms with Crippen molar-refractivity contribution in [3.63, 3.8) is 0 Å². The van der Waals surface area contributed by atoms with Crippen LogP contribution in [0.5, 0.6) is 5.88 Å². The van der Waals surface area contributed by atoms with Gasteiger partial charge in [0.1, 0.15) is 5.56 Å². The second-order valence-electron chi connectivity index (χ2n) is 6.01. The average molecular weight is 384 g/mol. The second kappa shape index (κ2) is 8.98. The van der Waals surface area contributed by atoms with E-state index in [1.165, 1.54) is 17.2 Å². The fourth-order valence-electron chi connectivity index (χ4n) is 2.86. The Labute approximate surface area is 153 Å². The minimum absolute atomic E-state index is 0.0379. The SMILES string of the molecule is CCCN(C(=O)COC(=O)c1cccnc1OCC)[C@H]1CCS(=O)(=O)C1. The third-order valence-electron chi connectivity index (χ3n) is 4.03. The average Bonchev–Trinajstić information content (AvgIpc) is 2.97. The van der Waals surface area contributed by atoms with Crippen molar-refractivity contribution >= 4 is 21.7 Å². The van der Waals surface area contributed by atoms with E-state index in [4.69, 9.17) is 9.47 Å². The summed E-state index contributed by atoms with van der Waals surface area (Å²) in [6.45, 7) is 3.99. The highest BCUT2D eigenvalue weighted by Crippen LogP contribution is 2.19. The largest absolute Gasteiger partial charge is 0.477 e. The van der Waals surface area contributed by atoms with Gasteiger partial charge in [-0.2, -0.15) is 0 Å². The van der Waals surface area contributed by atoms with E-state index >= 15 is 0 Å². The molecular formula is C17H24N2O6S. The number of aromatic nitrogens is 1. The van der Waals surface area contributed by atoms with Crippen LogP contribution in [0.1, 0.15) is 37.0 Å². The number of esters is 1. The number of carbonyl (C=O) groups excluding carboxylic acids is 2. The van der Waals surface area contributed by atoms with Crippen LogP contribution < -0.4 is 4.74 Å². The quantitative estimate of drug-likeness (QED) is 0.618. The summed E-state index contributed by atoms with van der Waals surface area (Å²) in [7, 11) is -3.10. The Morgan fingerprint density at radius 2 is 2.12 bits per heavy atom. The first-order valence-corrected chi connectivity index (χ1v) is 10.4. The molecule has 0 bridgehead atoms. The molecule has 2 heterocycles. The Bertz CT molecular complexity index is 749. The summed E-state index contributed by atoms with van der Waals surface area (Å²) in [6.07, 6.45) is 2.60. The van der Waals surface area contributed by atoms with Crippen LogP contribution in [0.2, 0.25) is 0 Å². The molecule has 1 aromatic heterocycles. The fraction of sp³-hybridized carbons (Fsp3) is 0.588. The van der Waals surface area contributed by atoms with Crippen LogP contribution in [0.4, 0.5) is 0 Å². The maximum Gasteiger partial charge on any atom is 0.344 e. The zero-order chi connectivity index (χ0) is 19.2. The minimum atomic E-state index is -3.10. The predicted octanol–water partition coefficient (Wildman–Crippen LogP) is 1.06. The van der Waals surface area contributed by atoms with E-state index in [-0.39, 0.29) is 29.0 Å². The number of carbonyl (C=O) groups is 2. The lowest BCUT2D eigenvalue weighted by Gasteiger charge is -2.27. The van der Waals surface area contributed by atoms with E-state index in [9.17, 15) is 18.0 Å². The predicted molar refractivity (Wildman–Crippen MR) is 94.8 cm³/mol. The van der Waals surface area contributed by atoms with Crippen LogP contribution in [0.15, 0.2) is 18.3 Å². The summed E-state index contributed by atoms with van der Waals surface area (Å²) < 4.78 is 33.8. The Kier molecular flexibility index (Phi) is 6.96. The summed E-state index contributed by atoms with van der Waals surface area (Å²) in [5, 5.41) is 0. The zero-order valence-corrected chi connectivity index (χ0v) is 15.8. The monoisotopic (exact) mass is 384 g/mol. The molecule has 2 rings (SSSR count). The molecule has 1 fully saturated rings. The highest BCUT2D eigenvalue weighted by atomic mass is 32.2. The molecule has 0 spiro atoms. The smallest absolute Gasteiger partial charge is 0.344 e. The molecule has 9 heteroatoms. The molecule has 0 aliphatic carbocycles. The molecule has 1 aliphatic heterocycles. The molecule has 144 valence electrons. The minimum Gasteiger partial charge on any atom is -0.477 e. The second-order valence-corrected chi connectivity index (χ2v) is 8.24. The van der Waals surface area contributed by atoms with Crippen LogP contribution >= 0.6 is 0 Å². The van der Waals surface area contributed by atoms with Crippen LogP contribution in [0.3, 0.4) is 0 Å². The first kappa shape index (κ1) is 20.2. The lowest BCUT2D eigenvalue weighted by Crippen LogP contribution is -2.43. The summed E-state index contributed by atoms with van der Waals surface area (Å²) in [4.78, 5) is 30.2. The number of nitrogens with zero attached hydrogens (tertiary/aromatic N) is 2. The number of rotatable bonds is 8. The fourth-order valence-corrected chi connectivity index (χ4v) is 4.59. The van der Waals surface area contributed by atoms with Crippen molar-refractivity contribution < 1.29 is 27.5 Å². The van der Waals surface area contributed by atoms with E-state index in [0.29, 0.717) is 26.0 Å². The van der Waals surface area contributed by atoms with Gasteiger partial charge in [0.25, 0.3) is 5.91 Å². The van der Waals surface area contributed by atoms with Crippen molar-refractivity contribution in [3.05, 3.63) is 23.9 Å². The van der Waals surface area contributed by atoms with Gasteiger partial charge in [0.15, 0.2) is 16.4 Å². The van der Waals surface area contributed by atoms with Crippen LogP contribution in [-0.4, -0.2) is 67.5 Å². The lowest BCUT2D eigenvalue weighted by molar-refractivity contribution is -0.136. The lowest BCUT2D eigenvalue weighted by atomic mass is 10.2. The number of pyridine rings is 1. The molecule has 1 aromatic rings. The molecule has 1 saturated heterocycles. The highest BCUT2D eigenvalue weighted by Gasteiger charge is 2.34. The van der Waals surface area contributed by atoms with Gasteiger partial charge in [0.2, 0.25) is 5.88 Å². The molecule has 8 nitrogen and oxygen atoms in total. The van der Waals surface area contributed by atoms with Gasteiger partial charge in [-0.25, -0.2) is 18.2 Å². The molecule has 0 saturated carbocycles. The van der Waals surface area contributed by atoms with E-state index in [1.807, 2.05) is 6.92 Å². The third-order valence-corrected chi connectivity index (χ3v) is 5.78. The Morgan fingerprint density at radius 1 is 1.35 bits per heavy atom. The van der Waals surface area contributed by atoms with Gasteiger partial charge in [-0.1, -0.05) is 6.92 Å². The van der Waals surface area contributed by atoms with Gasteiger partial charge < -0.3 is 14.4 Å². The van der Waals surface area contributed by atoms with E-state index in [1.54, 1.807) is 13.0 Å². The number of ether oxygens (including phenoxy) is 2. The third kappa shape index (κ3) is 5.17. The molecule has 0 radical (unpaired) electrons. The van der Waals surface area contributed by atoms with Gasteiger partial charge in [0.05, 0.1) is 18.1 Å². The molecular weight excluding hydrogens is 360 g/mol. The summed E-state index contributed by atoms with van der Waals surface area (Å²) in [5.41, 5.74) is 0.146. The Morgan fingerprint density at radius 3 is 2.73 bits per heavy atom. The first-order chi connectivity index (χ1) is 12.4. The maximum absolute atomic E-state index is 12.5. The zero-order valence-electron chi connectivity index (χ0n) is 15.0. The Hall–Kier alpha value is -2.16. The van der Waals surface area contributed by atoms with Crippen LogP contribution in [0, 0.1) is 0 Å². The normalized spacial score (nSPS) is 18.3. The van der Waals surface area contributed by atoms with Gasteiger partial charge in [-0.05, 0) is 31.9 Å². The number of hydrogen-bond acceptors (Lipinski definition) is 7. The number of hydrogen-bond donors (Lipinski definition) is 0. The van der Waals surface area contributed by atoms with E-state index in [0.717, 1.165) is 0 Å². The summed E-state index contributed by atoms with van der Waals surface area (Å²) in [6, 6.07) is 2.73. The van der Waals surface area contributed by atoms with Crippen molar-refractivity contribution in [1.82, 2.24) is 9.88 Å². The first-order valence-electron chi connectivity index (χ1n) is 8.62. The highest BCUT2D eigenvalue weighted by molar-refractivity contribution is 7.91. The van der Waals surface area contributed by atoms with Crippen molar-refractivity contribution in [1.29, 1.82) is 0 Å². The number of sulfone groups is 1. The van der Waals surface area contributed by atoms with Gasteiger partial charge in [0, 0.05) is 18.8 Å². The molecule has 0 unspecified atom stereocenters. The summed E-state index contributed by atoms with van der Waals surface area (Å²) >= 11 is 0. The van der Waals surface area contributed by atoms with Crippen molar-refractivity contribution in [2.24, 2.45) is 0 Å². The molecule has 1 amide bonds. The Balaban J connectivity index is 2.00. The molecule has 0 aromatic carbocycles. The summed E-state index contributed by atoms with van der Waals surface area (Å²) in [5.74, 6) is -0.906. The topological polar surface area (TPSA) is 103 Å². The van der Waals surface area contributed by atoms with Gasteiger partial charge >= 0.3 is 5.97 Å². The molecule has 26 heavy (non-hydrogen) atoms. The van der Waals surface area contributed by atoms with Crippen molar-refractivity contribution in [2.45, 2.75) is 32.7 Å². The van der Waals surface area contributed by atoms with Crippen molar-refractivity contribution in [3.8, 4) is 5.88 Å². The van der Waals surface area contributed by atoms with Crippen molar-refractivity contribution in [2.75, 3.05) is 31.3 Å². The number of amides is 1.